The van der Waals surface area contributed by atoms with E-state index in [4.69, 9.17) is 10.9 Å². The summed E-state index contributed by atoms with van der Waals surface area (Å²) >= 11 is 0. The van der Waals surface area contributed by atoms with Crippen LogP contribution in [0, 0.1) is 5.92 Å². The lowest BCUT2D eigenvalue weighted by atomic mass is 9.96. The molecule has 0 aromatic heterocycles. The van der Waals surface area contributed by atoms with E-state index >= 15 is 0 Å². The molecule has 3 heteroatoms. The quantitative estimate of drug-likeness (QED) is 0.257. The van der Waals surface area contributed by atoms with Gasteiger partial charge in [-0.3, -0.25) is 0 Å². The highest BCUT2D eigenvalue weighted by Gasteiger charge is 2.11. The first-order valence-electron chi connectivity index (χ1n) is 3.56. The minimum Gasteiger partial charge on any atom is -0.409 e. The molecule has 0 bridgehead atoms. The van der Waals surface area contributed by atoms with Crippen molar-refractivity contribution in [1.82, 2.24) is 0 Å². The molecule has 1 aliphatic carbocycles. The van der Waals surface area contributed by atoms with E-state index in [-0.39, 0.29) is 11.8 Å². The van der Waals surface area contributed by atoms with E-state index in [2.05, 4.69) is 5.16 Å². The minimum atomic E-state index is 0.0741. The number of oxime groups is 1. The van der Waals surface area contributed by atoms with Crippen molar-refractivity contribution in [1.29, 1.82) is 0 Å². The van der Waals surface area contributed by atoms with Crippen molar-refractivity contribution >= 4 is 5.84 Å². The highest BCUT2D eigenvalue weighted by atomic mass is 16.4. The lowest BCUT2D eigenvalue weighted by Crippen LogP contribution is -2.22. The smallest absolute Gasteiger partial charge is 0.146 e. The van der Waals surface area contributed by atoms with E-state index in [1.807, 2.05) is 25.2 Å². The third kappa shape index (κ3) is 1.83. The second kappa shape index (κ2) is 3.23. The van der Waals surface area contributed by atoms with E-state index in [1.54, 1.807) is 0 Å². The van der Waals surface area contributed by atoms with Gasteiger partial charge in [0.2, 0.25) is 0 Å². The molecule has 1 aliphatic rings. The number of allylic oxidation sites excluding steroid dienone is 3. The Morgan fingerprint density at radius 3 is 3.09 bits per heavy atom. The molecular weight excluding hydrogens is 140 g/mol. The summed E-state index contributed by atoms with van der Waals surface area (Å²) in [5, 5.41) is 11.3. The Morgan fingerprint density at radius 1 is 1.82 bits per heavy atom. The fourth-order valence-corrected chi connectivity index (χ4v) is 1.12. The van der Waals surface area contributed by atoms with Crippen molar-refractivity contribution in [2.45, 2.75) is 13.3 Å². The molecule has 60 valence electrons. The van der Waals surface area contributed by atoms with Gasteiger partial charge < -0.3 is 10.9 Å². The van der Waals surface area contributed by atoms with Crippen LogP contribution in [0.3, 0.4) is 0 Å². The van der Waals surface area contributed by atoms with Crippen molar-refractivity contribution in [3.05, 3.63) is 23.8 Å². The summed E-state index contributed by atoms with van der Waals surface area (Å²) in [5.41, 5.74) is 6.59. The van der Waals surface area contributed by atoms with Gasteiger partial charge in [-0.1, -0.05) is 29.0 Å². The third-order valence-corrected chi connectivity index (χ3v) is 1.73. The summed E-state index contributed by atoms with van der Waals surface area (Å²) in [6, 6.07) is 0. The highest BCUT2D eigenvalue weighted by molar-refractivity contribution is 5.84. The molecule has 0 aromatic rings. The molecule has 0 amide bonds. The lowest BCUT2D eigenvalue weighted by Gasteiger charge is -2.12. The molecule has 1 rings (SSSR count). The second-order valence-electron chi connectivity index (χ2n) is 2.68. The Hall–Kier alpha value is -1.25. The minimum absolute atomic E-state index is 0.0741. The van der Waals surface area contributed by atoms with Crippen LogP contribution in [-0.2, 0) is 0 Å². The van der Waals surface area contributed by atoms with Gasteiger partial charge in [0.15, 0.2) is 0 Å². The second-order valence-corrected chi connectivity index (χ2v) is 2.68. The first-order chi connectivity index (χ1) is 5.24. The number of hydrogen-bond donors (Lipinski definition) is 2. The third-order valence-electron chi connectivity index (χ3n) is 1.73. The fraction of sp³-hybridized carbons (Fsp3) is 0.375. The van der Waals surface area contributed by atoms with Gasteiger partial charge in [0.05, 0.1) is 0 Å². The van der Waals surface area contributed by atoms with Gasteiger partial charge in [-0.15, -0.1) is 0 Å². The van der Waals surface area contributed by atoms with E-state index < -0.39 is 0 Å². The van der Waals surface area contributed by atoms with Crippen LogP contribution < -0.4 is 5.73 Å². The zero-order valence-corrected chi connectivity index (χ0v) is 6.49. The van der Waals surface area contributed by atoms with E-state index in [9.17, 15) is 0 Å². The molecule has 0 fully saturated rings. The molecule has 3 nitrogen and oxygen atoms in total. The molecule has 0 spiro atoms. The maximum atomic E-state index is 8.38. The molecule has 3 N–H and O–H groups in total. The van der Waals surface area contributed by atoms with Crippen LogP contribution in [0.1, 0.15) is 13.3 Å². The normalized spacial score (nSPS) is 25.0. The van der Waals surface area contributed by atoms with Gasteiger partial charge in [0.1, 0.15) is 5.84 Å². The maximum absolute atomic E-state index is 8.38. The van der Waals surface area contributed by atoms with Gasteiger partial charge in [0.25, 0.3) is 0 Å². The Bertz CT molecular complexity index is 228. The van der Waals surface area contributed by atoms with Crippen LogP contribution in [0.4, 0.5) is 0 Å². The van der Waals surface area contributed by atoms with Crippen LogP contribution in [0.25, 0.3) is 0 Å². The number of nitrogens with two attached hydrogens (primary N) is 1. The number of rotatable bonds is 1. The lowest BCUT2D eigenvalue weighted by molar-refractivity contribution is 0.315. The van der Waals surface area contributed by atoms with Crippen molar-refractivity contribution in [2.24, 2.45) is 16.8 Å². The summed E-state index contributed by atoms with van der Waals surface area (Å²) < 4.78 is 0. The standard InChI is InChI=1S/C8H12N2O/c1-6-3-2-4-7(5-6)8(9)10-11/h2-3,5,7,11H,4H2,1H3,(H2,9,10). The maximum Gasteiger partial charge on any atom is 0.146 e. The molecule has 1 atom stereocenters. The van der Waals surface area contributed by atoms with Gasteiger partial charge in [-0.25, -0.2) is 0 Å². The summed E-state index contributed by atoms with van der Waals surface area (Å²) in [4.78, 5) is 0. The SMILES string of the molecule is CC1=CC(/C(N)=N\O)CC=C1. The largest absolute Gasteiger partial charge is 0.409 e. The number of amidine groups is 1. The predicted molar refractivity (Wildman–Crippen MR) is 44.4 cm³/mol. The van der Waals surface area contributed by atoms with Crippen LogP contribution in [0.15, 0.2) is 29.0 Å². The highest BCUT2D eigenvalue weighted by Crippen LogP contribution is 2.15. The zero-order valence-electron chi connectivity index (χ0n) is 6.49. The van der Waals surface area contributed by atoms with Crippen LogP contribution in [-0.4, -0.2) is 11.0 Å². The molecule has 0 saturated carbocycles. The molecule has 11 heavy (non-hydrogen) atoms. The molecular formula is C8H12N2O. The van der Waals surface area contributed by atoms with Crippen molar-refractivity contribution in [3.63, 3.8) is 0 Å². The molecule has 0 aliphatic heterocycles. The zero-order chi connectivity index (χ0) is 8.27. The number of hydrogen-bond acceptors (Lipinski definition) is 2. The van der Waals surface area contributed by atoms with Crippen molar-refractivity contribution in [3.8, 4) is 0 Å². The molecule has 0 saturated heterocycles. The molecule has 1 unspecified atom stereocenters. The Labute approximate surface area is 65.9 Å². The molecule has 0 heterocycles. The number of nitrogens with zero attached hydrogens (tertiary/aromatic N) is 1. The van der Waals surface area contributed by atoms with Gasteiger partial charge >= 0.3 is 0 Å². The first-order valence-corrected chi connectivity index (χ1v) is 3.56. The average molecular weight is 152 g/mol. The summed E-state index contributed by atoms with van der Waals surface area (Å²) in [6.07, 6.45) is 6.88. The first kappa shape index (κ1) is 7.85. The van der Waals surface area contributed by atoms with Gasteiger partial charge in [-0.2, -0.15) is 0 Å². The van der Waals surface area contributed by atoms with E-state index in [0.29, 0.717) is 0 Å². The molecule has 0 radical (unpaired) electrons. The van der Waals surface area contributed by atoms with Crippen LogP contribution in [0.2, 0.25) is 0 Å². The van der Waals surface area contributed by atoms with Gasteiger partial charge in [0, 0.05) is 5.92 Å². The Kier molecular flexibility index (Phi) is 2.31. The van der Waals surface area contributed by atoms with Crippen molar-refractivity contribution < 1.29 is 5.21 Å². The van der Waals surface area contributed by atoms with Gasteiger partial charge in [-0.05, 0) is 13.3 Å². The van der Waals surface area contributed by atoms with Crippen LogP contribution in [0.5, 0.6) is 0 Å². The van der Waals surface area contributed by atoms with Crippen LogP contribution >= 0.6 is 0 Å². The Morgan fingerprint density at radius 2 is 2.55 bits per heavy atom. The summed E-state index contributed by atoms with van der Waals surface area (Å²) in [6.45, 7) is 1.99. The summed E-state index contributed by atoms with van der Waals surface area (Å²) in [5.74, 6) is 0.360. The van der Waals surface area contributed by atoms with E-state index in [1.165, 1.54) is 0 Å². The summed E-state index contributed by atoms with van der Waals surface area (Å²) in [7, 11) is 0. The average Bonchev–Trinajstić information content (AvgIpc) is 2.03. The predicted octanol–water partition coefficient (Wildman–Crippen LogP) is 1.26. The van der Waals surface area contributed by atoms with E-state index in [0.717, 1.165) is 12.0 Å². The molecule has 0 aromatic carbocycles. The monoisotopic (exact) mass is 152 g/mol. The Balaban J connectivity index is 2.71. The topological polar surface area (TPSA) is 58.6 Å². The van der Waals surface area contributed by atoms with Crippen molar-refractivity contribution in [2.75, 3.05) is 0 Å². The fourth-order valence-electron chi connectivity index (χ4n) is 1.12.